The fourth-order valence-corrected chi connectivity index (χ4v) is 4.40. The summed E-state index contributed by atoms with van der Waals surface area (Å²) < 4.78 is 11.9. The quantitative estimate of drug-likeness (QED) is 0.397. The number of Topliss-reactive ketones (excluding diaryl/α,β-unsaturated/α-hetero) is 2. The van der Waals surface area contributed by atoms with E-state index < -0.39 is 11.2 Å². The largest absolute Gasteiger partial charge is 0.456 e. The van der Waals surface area contributed by atoms with Gasteiger partial charge in [-0.1, -0.05) is 49.1 Å². The van der Waals surface area contributed by atoms with Crippen molar-refractivity contribution in [2.75, 3.05) is 0 Å². The van der Waals surface area contributed by atoms with Crippen molar-refractivity contribution in [3.05, 3.63) is 107 Å². The minimum Gasteiger partial charge on any atom is -0.456 e. The number of hydrogen-bond acceptors (Lipinski definition) is 5. The number of ketones is 2. The summed E-state index contributed by atoms with van der Waals surface area (Å²) in [5.41, 5.74) is 2.15. The van der Waals surface area contributed by atoms with Crippen LogP contribution in [0.3, 0.4) is 0 Å². The number of carbonyl (C=O) groups excluding carboxylic acids is 3. The van der Waals surface area contributed by atoms with Crippen molar-refractivity contribution in [3.63, 3.8) is 0 Å². The van der Waals surface area contributed by atoms with E-state index in [9.17, 15) is 14.4 Å². The Morgan fingerprint density at radius 1 is 0.857 bits per heavy atom. The van der Waals surface area contributed by atoms with Gasteiger partial charge in [-0.15, -0.1) is 0 Å². The van der Waals surface area contributed by atoms with Crippen LogP contribution in [-0.2, 0) is 16.1 Å². The number of carbonyl (C=O) groups is 3. The fourth-order valence-electron chi connectivity index (χ4n) is 4.40. The summed E-state index contributed by atoms with van der Waals surface area (Å²) in [6, 6.07) is 12.4. The normalized spacial score (nSPS) is 14.0. The SMILES string of the molecule is C=CC1=C(C=C)C(=O)c2cc(COC(C)(C)CC(C)(C)OC(=O)c3ccc(C)cc3)ccc2C1=O. The molecule has 0 N–H and O–H groups in total. The molecule has 5 heteroatoms. The van der Waals surface area contributed by atoms with Gasteiger partial charge in [0.25, 0.3) is 0 Å². The van der Waals surface area contributed by atoms with Crippen LogP contribution in [0.4, 0.5) is 0 Å². The molecular formula is C30H32O5. The van der Waals surface area contributed by atoms with E-state index in [0.717, 1.165) is 11.1 Å². The van der Waals surface area contributed by atoms with Gasteiger partial charge in [0, 0.05) is 28.7 Å². The maximum atomic E-state index is 12.9. The lowest BCUT2D eigenvalue weighted by molar-refractivity contribution is -0.0874. The van der Waals surface area contributed by atoms with E-state index in [2.05, 4.69) is 13.2 Å². The van der Waals surface area contributed by atoms with Crippen molar-refractivity contribution in [1.82, 2.24) is 0 Å². The molecule has 0 spiro atoms. The first-order chi connectivity index (χ1) is 16.4. The van der Waals surface area contributed by atoms with Crippen molar-refractivity contribution in [2.24, 2.45) is 0 Å². The Kier molecular flexibility index (Phi) is 7.41. The Morgan fingerprint density at radius 3 is 2.00 bits per heavy atom. The number of benzene rings is 2. The van der Waals surface area contributed by atoms with Crippen LogP contribution in [0.5, 0.6) is 0 Å². The van der Waals surface area contributed by atoms with Gasteiger partial charge in [-0.3, -0.25) is 9.59 Å². The third-order valence-corrected chi connectivity index (χ3v) is 5.90. The second-order valence-corrected chi connectivity index (χ2v) is 10.0. The van der Waals surface area contributed by atoms with Crippen molar-refractivity contribution in [1.29, 1.82) is 0 Å². The van der Waals surface area contributed by atoms with E-state index in [1.807, 2.05) is 46.8 Å². The molecular weight excluding hydrogens is 440 g/mol. The smallest absolute Gasteiger partial charge is 0.338 e. The van der Waals surface area contributed by atoms with Gasteiger partial charge < -0.3 is 9.47 Å². The number of hydrogen-bond donors (Lipinski definition) is 0. The molecule has 35 heavy (non-hydrogen) atoms. The number of rotatable bonds is 9. The monoisotopic (exact) mass is 472 g/mol. The van der Waals surface area contributed by atoms with Gasteiger partial charge in [-0.25, -0.2) is 4.79 Å². The minimum atomic E-state index is -0.769. The zero-order valence-corrected chi connectivity index (χ0v) is 21.1. The molecule has 0 saturated carbocycles. The fraction of sp³-hybridized carbons (Fsp3) is 0.300. The lowest BCUT2D eigenvalue weighted by Gasteiger charge is -2.34. The predicted octanol–water partition coefficient (Wildman–Crippen LogP) is 6.36. The summed E-state index contributed by atoms with van der Waals surface area (Å²) in [6.45, 7) is 17.1. The molecule has 0 bridgehead atoms. The first-order valence-corrected chi connectivity index (χ1v) is 11.5. The molecule has 0 heterocycles. The van der Waals surface area contributed by atoms with Crippen LogP contribution < -0.4 is 0 Å². The molecule has 5 nitrogen and oxygen atoms in total. The second kappa shape index (κ2) is 9.96. The minimum absolute atomic E-state index is 0.227. The summed E-state index contributed by atoms with van der Waals surface area (Å²) in [4.78, 5) is 38.3. The van der Waals surface area contributed by atoms with E-state index in [1.54, 1.807) is 30.3 Å². The molecule has 2 aromatic rings. The standard InChI is InChI=1S/C30H32O5/c1-8-22-23(9-2)27(32)25-16-20(12-15-24(25)26(22)31)17-34-29(4,5)18-30(6,7)35-28(33)21-13-10-19(3)11-14-21/h8-16H,1-2,17-18H2,3-7H3. The number of aryl methyl sites for hydroxylation is 1. The van der Waals surface area contributed by atoms with Crippen LogP contribution in [0.25, 0.3) is 0 Å². The third-order valence-electron chi connectivity index (χ3n) is 5.90. The number of ether oxygens (including phenoxy) is 2. The molecule has 0 fully saturated rings. The highest BCUT2D eigenvalue weighted by Crippen LogP contribution is 2.31. The van der Waals surface area contributed by atoms with Crippen LogP contribution in [0, 0.1) is 6.92 Å². The molecule has 182 valence electrons. The number of allylic oxidation sites excluding steroid dienone is 4. The Morgan fingerprint density at radius 2 is 1.43 bits per heavy atom. The van der Waals surface area contributed by atoms with E-state index in [4.69, 9.17) is 9.47 Å². The first-order valence-electron chi connectivity index (χ1n) is 11.5. The molecule has 0 atom stereocenters. The summed E-state index contributed by atoms with van der Waals surface area (Å²) in [6.07, 6.45) is 3.24. The van der Waals surface area contributed by atoms with Gasteiger partial charge in [0.1, 0.15) is 5.60 Å². The number of esters is 1. The molecule has 2 aromatic carbocycles. The van der Waals surface area contributed by atoms with E-state index >= 15 is 0 Å². The van der Waals surface area contributed by atoms with Crippen molar-refractivity contribution in [3.8, 4) is 0 Å². The lowest BCUT2D eigenvalue weighted by atomic mass is 9.83. The van der Waals surface area contributed by atoms with Crippen LogP contribution in [0.2, 0.25) is 0 Å². The zero-order valence-electron chi connectivity index (χ0n) is 21.1. The van der Waals surface area contributed by atoms with Gasteiger partial charge in [-0.2, -0.15) is 0 Å². The molecule has 0 amide bonds. The Balaban J connectivity index is 1.69. The van der Waals surface area contributed by atoms with Gasteiger partial charge >= 0.3 is 5.97 Å². The Hall–Kier alpha value is -3.57. The predicted molar refractivity (Wildman–Crippen MR) is 137 cm³/mol. The van der Waals surface area contributed by atoms with Gasteiger partial charge in [0.2, 0.25) is 0 Å². The molecule has 3 rings (SSSR count). The lowest BCUT2D eigenvalue weighted by Crippen LogP contribution is -2.38. The van der Waals surface area contributed by atoms with Gasteiger partial charge in [0.05, 0.1) is 17.8 Å². The Bertz CT molecular complexity index is 1230. The molecule has 0 aromatic heterocycles. The van der Waals surface area contributed by atoms with Crippen molar-refractivity contribution >= 4 is 17.5 Å². The van der Waals surface area contributed by atoms with E-state index in [1.165, 1.54) is 12.2 Å². The number of fused-ring (bicyclic) bond motifs is 1. The van der Waals surface area contributed by atoms with Crippen LogP contribution in [-0.4, -0.2) is 28.7 Å². The molecule has 1 aliphatic rings. The van der Waals surface area contributed by atoms with Crippen LogP contribution in [0.1, 0.15) is 76.3 Å². The summed E-state index contributed by atoms with van der Waals surface area (Å²) in [5, 5.41) is 0. The highest BCUT2D eigenvalue weighted by atomic mass is 16.6. The molecule has 0 radical (unpaired) electrons. The van der Waals surface area contributed by atoms with Crippen molar-refractivity contribution < 1.29 is 23.9 Å². The Labute approximate surface area is 207 Å². The zero-order chi connectivity index (χ0) is 26.0. The molecule has 0 unspecified atom stereocenters. The van der Waals surface area contributed by atoms with Crippen LogP contribution in [0.15, 0.2) is 78.9 Å². The molecule has 0 saturated heterocycles. The van der Waals surface area contributed by atoms with E-state index in [-0.39, 0.29) is 35.3 Å². The summed E-state index contributed by atoms with van der Waals surface area (Å²) in [5.74, 6) is -0.877. The van der Waals surface area contributed by atoms with Gasteiger partial charge in [-0.05, 0) is 64.4 Å². The second-order valence-electron chi connectivity index (χ2n) is 10.0. The molecule has 0 aliphatic heterocycles. The molecule has 1 aliphatic carbocycles. The first kappa shape index (κ1) is 26.0. The summed E-state index contributed by atoms with van der Waals surface area (Å²) >= 11 is 0. The average molecular weight is 473 g/mol. The van der Waals surface area contributed by atoms with Crippen LogP contribution >= 0.6 is 0 Å². The topological polar surface area (TPSA) is 69.7 Å². The third kappa shape index (κ3) is 5.92. The highest BCUT2D eigenvalue weighted by Gasteiger charge is 2.34. The average Bonchev–Trinajstić information content (AvgIpc) is 2.79. The maximum Gasteiger partial charge on any atom is 0.338 e. The maximum absolute atomic E-state index is 12.9. The van der Waals surface area contributed by atoms with Gasteiger partial charge in [0.15, 0.2) is 11.6 Å². The highest BCUT2D eigenvalue weighted by molar-refractivity contribution is 6.28. The van der Waals surface area contributed by atoms with Crippen molar-refractivity contribution in [2.45, 2.75) is 58.8 Å². The van der Waals surface area contributed by atoms with E-state index in [0.29, 0.717) is 23.1 Å². The summed E-state index contributed by atoms with van der Waals surface area (Å²) in [7, 11) is 0.